The standard InChI is InChI=1S/C21H44OSi/c1-2-3-4-5-6-7-8-9-10-11-12-13-14-15-17-20-23-21-18-16-19-22-23/h23H,2-21H2,1H3. The van der Waals surface area contributed by atoms with Crippen LogP contribution in [-0.4, -0.2) is 15.6 Å². The Morgan fingerprint density at radius 3 is 1.52 bits per heavy atom. The van der Waals surface area contributed by atoms with Gasteiger partial charge in [0.25, 0.3) is 0 Å². The van der Waals surface area contributed by atoms with Crippen molar-refractivity contribution in [3.05, 3.63) is 0 Å². The van der Waals surface area contributed by atoms with E-state index in [-0.39, 0.29) is 0 Å². The Kier molecular flexibility index (Phi) is 15.7. The molecule has 1 heterocycles. The number of rotatable bonds is 16. The highest BCUT2D eigenvalue weighted by Crippen LogP contribution is 2.18. The summed E-state index contributed by atoms with van der Waals surface area (Å²) in [5.74, 6) is 0. The summed E-state index contributed by atoms with van der Waals surface area (Å²) in [5, 5.41) is 0. The average Bonchev–Trinajstić information content (AvgIpc) is 2.59. The third kappa shape index (κ3) is 14.2. The van der Waals surface area contributed by atoms with E-state index in [0.29, 0.717) is 0 Å². The lowest BCUT2D eigenvalue weighted by molar-refractivity contribution is 0.285. The fourth-order valence-electron chi connectivity index (χ4n) is 3.78. The van der Waals surface area contributed by atoms with Gasteiger partial charge in [0.05, 0.1) is 0 Å². The molecule has 23 heavy (non-hydrogen) atoms. The van der Waals surface area contributed by atoms with Crippen LogP contribution in [0.1, 0.15) is 116 Å². The molecule has 0 aromatic rings. The fourth-order valence-corrected chi connectivity index (χ4v) is 6.39. The molecule has 1 atom stereocenters. The molecule has 0 radical (unpaired) electrons. The average molecular weight is 341 g/mol. The Morgan fingerprint density at radius 2 is 1.09 bits per heavy atom. The van der Waals surface area contributed by atoms with E-state index in [1.54, 1.807) is 0 Å². The molecule has 0 bridgehead atoms. The zero-order chi connectivity index (χ0) is 16.4. The topological polar surface area (TPSA) is 9.23 Å². The van der Waals surface area contributed by atoms with Crippen LogP contribution in [0.5, 0.6) is 0 Å². The normalized spacial score (nSPS) is 18.4. The zero-order valence-electron chi connectivity index (χ0n) is 16.1. The van der Waals surface area contributed by atoms with Crippen LogP contribution in [0.15, 0.2) is 0 Å². The molecule has 1 aliphatic heterocycles. The first kappa shape index (κ1) is 21.2. The molecule has 0 spiro atoms. The Bertz CT molecular complexity index is 226. The third-order valence-corrected chi connectivity index (χ3v) is 8.22. The Morgan fingerprint density at radius 1 is 0.609 bits per heavy atom. The monoisotopic (exact) mass is 340 g/mol. The van der Waals surface area contributed by atoms with Crippen LogP contribution >= 0.6 is 0 Å². The van der Waals surface area contributed by atoms with Gasteiger partial charge in [0.15, 0.2) is 9.04 Å². The maximum atomic E-state index is 5.94. The first-order valence-electron chi connectivity index (χ1n) is 11.0. The van der Waals surface area contributed by atoms with E-state index in [4.69, 9.17) is 4.43 Å². The maximum absolute atomic E-state index is 5.94. The van der Waals surface area contributed by atoms with E-state index in [9.17, 15) is 0 Å². The largest absolute Gasteiger partial charge is 0.420 e. The summed E-state index contributed by atoms with van der Waals surface area (Å²) in [6.07, 6.45) is 24.8. The molecule has 1 nitrogen and oxygen atoms in total. The van der Waals surface area contributed by atoms with Gasteiger partial charge in [-0.1, -0.05) is 110 Å². The lowest BCUT2D eigenvalue weighted by atomic mass is 10.0. The zero-order valence-corrected chi connectivity index (χ0v) is 17.3. The molecule has 0 aromatic heterocycles. The maximum Gasteiger partial charge on any atom is 0.176 e. The van der Waals surface area contributed by atoms with Gasteiger partial charge in [0.2, 0.25) is 0 Å². The van der Waals surface area contributed by atoms with Crippen molar-refractivity contribution in [2.45, 2.75) is 128 Å². The predicted octanol–water partition coefficient (Wildman–Crippen LogP) is 7.39. The van der Waals surface area contributed by atoms with Crippen molar-refractivity contribution in [2.24, 2.45) is 0 Å². The SMILES string of the molecule is CCCCCCCCCCCCCCCCC[SiH]1CCCCO1. The quantitative estimate of drug-likeness (QED) is 0.210. The summed E-state index contributed by atoms with van der Waals surface area (Å²) in [7, 11) is -0.717. The first-order chi connectivity index (χ1) is 11.4. The molecule has 1 saturated heterocycles. The van der Waals surface area contributed by atoms with Crippen LogP contribution in [-0.2, 0) is 4.43 Å². The summed E-state index contributed by atoms with van der Waals surface area (Å²) in [6.45, 7) is 3.38. The van der Waals surface area contributed by atoms with Gasteiger partial charge in [0.1, 0.15) is 0 Å². The Hall–Kier alpha value is 0.177. The summed E-state index contributed by atoms with van der Waals surface area (Å²) >= 11 is 0. The van der Waals surface area contributed by atoms with Crippen molar-refractivity contribution >= 4 is 9.04 Å². The Balaban J connectivity index is 1.67. The minimum Gasteiger partial charge on any atom is -0.420 e. The lowest BCUT2D eigenvalue weighted by Crippen LogP contribution is -2.22. The van der Waals surface area contributed by atoms with Gasteiger partial charge in [0, 0.05) is 6.61 Å². The van der Waals surface area contributed by atoms with Crippen LogP contribution < -0.4 is 0 Å². The fraction of sp³-hybridized carbons (Fsp3) is 1.00. The number of unbranched alkanes of at least 4 members (excludes halogenated alkanes) is 14. The van der Waals surface area contributed by atoms with Crippen molar-refractivity contribution < 1.29 is 4.43 Å². The molecule has 0 saturated carbocycles. The van der Waals surface area contributed by atoms with E-state index >= 15 is 0 Å². The molecular formula is C21H44OSi. The minimum absolute atomic E-state index is 0.717. The molecular weight excluding hydrogens is 296 g/mol. The summed E-state index contributed by atoms with van der Waals surface area (Å²) in [5.41, 5.74) is 0. The van der Waals surface area contributed by atoms with Gasteiger partial charge >= 0.3 is 0 Å². The molecule has 0 aromatic carbocycles. The van der Waals surface area contributed by atoms with Crippen LogP contribution in [0.4, 0.5) is 0 Å². The highest BCUT2D eigenvalue weighted by atomic mass is 28.3. The second-order valence-electron chi connectivity index (χ2n) is 7.73. The molecule has 0 N–H and O–H groups in total. The van der Waals surface area contributed by atoms with Crippen molar-refractivity contribution in [3.8, 4) is 0 Å². The number of hydrogen-bond acceptors (Lipinski definition) is 1. The summed E-state index contributed by atoms with van der Waals surface area (Å²) < 4.78 is 5.94. The van der Waals surface area contributed by atoms with Crippen LogP contribution in [0.25, 0.3) is 0 Å². The highest BCUT2D eigenvalue weighted by Gasteiger charge is 2.14. The third-order valence-electron chi connectivity index (χ3n) is 5.40. The molecule has 0 amide bonds. The second-order valence-corrected chi connectivity index (χ2v) is 10.5. The van der Waals surface area contributed by atoms with Gasteiger partial charge in [-0.15, -0.1) is 0 Å². The smallest absolute Gasteiger partial charge is 0.176 e. The van der Waals surface area contributed by atoms with Crippen molar-refractivity contribution in [1.29, 1.82) is 0 Å². The van der Waals surface area contributed by atoms with Crippen molar-refractivity contribution in [3.63, 3.8) is 0 Å². The van der Waals surface area contributed by atoms with Gasteiger partial charge in [-0.25, -0.2) is 0 Å². The van der Waals surface area contributed by atoms with Crippen LogP contribution in [0, 0.1) is 0 Å². The van der Waals surface area contributed by atoms with E-state index in [2.05, 4.69) is 6.92 Å². The molecule has 1 unspecified atom stereocenters. The van der Waals surface area contributed by atoms with Crippen molar-refractivity contribution in [2.75, 3.05) is 6.61 Å². The summed E-state index contributed by atoms with van der Waals surface area (Å²) in [4.78, 5) is 0. The summed E-state index contributed by atoms with van der Waals surface area (Å²) in [6, 6.07) is 2.91. The van der Waals surface area contributed by atoms with E-state index < -0.39 is 9.04 Å². The van der Waals surface area contributed by atoms with Gasteiger partial charge in [-0.3, -0.25) is 0 Å². The van der Waals surface area contributed by atoms with E-state index in [1.807, 2.05) is 0 Å². The predicted molar refractivity (Wildman–Crippen MR) is 107 cm³/mol. The molecule has 0 aliphatic carbocycles. The minimum atomic E-state index is -0.717. The van der Waals surface area contributed by atoms with Crippen LogP contribution in [0.2, 0.25) is 12.1 Å². The second kappa shape index (κ2) is 17.0. The molecule has 2 heteroatoms. The van der Waals surface area contributed by atoms with Crippen LogP contribution in [0.3, 0.4) is 0 Å². The van der Waals surface area contributed by atoms with Gasteiger partial charge < -0.3 is 4.43 Å². The number of hydrogen-bond donors (Lipinski definition) is 0. The lowest BCUT2D eigenvalue weighted by Gasteiger charge is -2.20. The Labute approximate surface area is 148 Å². The van der Waals surface area contributed by atoms with Gasteiger partial charge in [-0.2, -0.15) is 0 Å². The van der Waals surface area contributed by atoms with E-state index in [1.165, 1.54) is 121 Å². The van der Waals surface area contributed by atoms with Gasteiger partial charge in [-0.05, 0) is 18.5 Å². The molecule has 1 fully saturated rings. The molecule has 1 aliphatic rings. The first-order valence-corrected chi connectivity index (χ1v) is 13.2. The highest BCUT2D eigenvalue weighted by molar-refractivity contribution is 6.51. The molecule has 1 rings (SSSR count). The van der Waals surface area contributed by atoms with E-state index in [0.717, 1.165) is 6.61 Å². The molecule has 138 valence electrons. The van der Waals surface area contributed by atoms with Crippen molar-refractivity contribution in [1.82, 2.24) is 0 Å².